The largest absolute Gasteiger partial charge is 0.364 e. The van der Waals surface area contributed by atoms with Gasteiger partial charge >= 0.3 is 0 Å². The molecule has 0 unspecified atom stereocenters. The zero-order chi connectivity index (χ0) is 10.7. The third-order valence-corrected chi connectivity index (χ3v) is 3.51. The van der Waals surface area contributed by atoms with Gasteiger partial charge in [-0.15, -0.1) is 11.3 Å². The monoisotopic (exact) mass is 302 g/mol. The molecule has 0 aromatic carbocycles. The molecule has 2 heterocycles. The van der Waals surface area contributed by atoms with Crippen LogP contribution in [-0.4, -0.2) is 4.98 Å². The Hall–Kier alpha value is -0.580. The van der Waals surface area contributed by atoms with Crippen molar-refractivity contribution in [3.05, 3.63) is 44.1 Å². The van der Waals surface area contributed by atoms with Crippen molar-refractivity contribution in [2.45, 2.75) is 6.54 Å². The van der Waals surface area contributed by atoms with E-state index in [0.29, 0.717) is 5.02 Å². The lowest BCUT2D eigenvalue weighted by Crippen LogP contribution is -2.00. The van der Waals surface area contributed by atoms with Gasteiger partial charge < -0.3 is 5.32 Å². The lowest BCUT2D eigenvalue weighted by Gasteiger charge is -2.05. The van der Waals surface area contributed by atoms with Gasteiger partial charge in [-0.25, -0.2) is 4.98 Å². The Labute approximate surface area is 105 Å². The molecule has 0 aliphatic heterocycles. The summed E-state index contributed by atoms with van der Waals surface area (Å²) in [5.41, 5.74) is 0. The molecule has 0 aliphatic rings. The number of rotatable bonds is 3. The molecule has 2 aromatic heterocycles. The first kappa shape index (κ1) is 10.9. The molecule has 2 aromatic rings. The summed E-state index contributed by atoms with van der Waals surface area (Å²) in [6, 6.07) is 5.94. The molecule has 0 amide bonds. The second kappa shape index (κ2) is 4.96. The molecule has 1 N–H and O–H groups in total. The van der Waals surface area contributed by atoms with E-state index in [4.69, 9.17) is 11.6 Å². The number of pyridine rings is 1. The van der Waals surface area contributed by atoms with E-state index >= 15 is 0 Å². The highest BCUT2D eigenvalue weighted by atomic mass is 79.9. The SMILES string of the molecule is Clc1cnc(NCc2cccs2)c(Br)c1. The van der Waals surface area contributed by atoms with E-state index in [2.05, 4.69) is 37.7 Å². The minimum atomic E-state index is 0.628. The summed E-state index contributed by atoms with van der Waals surface area (Å²) in [5, 5.41) is 5.92. The Morgan fingerprint density at radius 1 is 1.53 bits per heavy atom. The zero-order valence-electron chi connectivity index (χ0n) is 7.71. The molecule has 0 spiro atoms. The van der Waals surface area contributed by atoms with Crippen molar-refractivity contribution >= 4 is 44.7 Å². The summed E-state index contributed by atoms with van der Waals surface area (Å²) < 4.78 is 0.881. The quantitative estimate of drug-likeness (QED) is 0.920. The molecule has 0 aliphatic carbocycles. The van der Waals surface area contributed by atoms with Gasteiger partial charge in [-0.05, 0) is 33.4 Å². The van der Waals surface area contributed by atoms with Crippen LogP contribution >= 0.6 is 38.9 Å². The number of anilines is 1. The second-order valence-corrected chi connectivity index (χ2v) is 5.24. The van der Waals surface area contributed by atoms with Crippen LogP contribution < -0.4 is 5.32 Å². The van der Waals surface area contributed by atoms with E-state index in [0.717, 1.165) is 16.8 Å². The molecular weight excluding hydrogens is 296 g/mol. The first-order valence-electron chi connectivity index (χ1n) is 4.33. The highest BCUT2D eigenvalue weighted by Gasteiger charge is 2.02. The van der Waals surface area contributed by atoms with Crippen molar-refractivity contribution in [3.8, 4) is 0 Å². The predicted octanol–water partition coefficient (Wildman–Crippen LogP) is 4.17. The van der Waals surface area contributed by atoms with E-state index in [1.54, 1.807) is 17.5 Å². The number of hydrogen-bond donors (Lipinski definition) is 1. The van der Waals surface area contributed by atoms with Crippen molar-refractivity contribution in [1.29, 1.82) is 0 Å². The van der Waals surface area contributed by atoms with Crippen LogP contribution in [0.3, 0.4) is 0 Å². The van der Waals surface area contributed by atoms with Crippen molar-refractivity contribution < 1.29 is 0 Å². The molecule has 0 atom stereocenters. The molecule has 0 saturated carbocycles. The number of nitrogens with zero attached hydrogens (tertiary/aromatic N) is 1. The molecule has 0 saturated heterocycles. The average Bonchev–Trinajstić information content (AvgIpc) is 2.69. The van der Waals surface area contributed by atoms with Crippen LogP contribution in [0, 0.1) is 0 Å². The Morgan fingerprint density at radius 2 is 2.40 bits per heavy atom. The summed E-state index contributed by atoms with van der Waals surface area (Å²) >= 11 is 10.9. The van der Waals surface area contributed by atoms with Crippen LogP contribution in [0.1, 0.15) is 4.88 Å². The number of nitrogens with one attached hydrogen (secondary N) is 1. The Morgan fingerprint density at radius 3 is 3.07 bits per heavy atom. The fraction of sp³-hybridized carbons (Fsp3) is 0.100. The fourth-order valence-electron chi connectivity index (χ4n) is 1.13. The molecule has 0 bridgehead atoms. The van der Waals surface area contributed by atoms with Gasteiger partial charge in [0.2, 0.25) is 0 Å². The predicted molar refractivity (Wildman–Crippen MR) is 68.6 cm³/mol. The number of hydrogen-bond acceptors (Lipinski definition) is 3. The van der Waals surface area contributed by atoms with Crippen LogP contribution in [0.5, 0.6) is 0 Å². The van der Waals surface area contributed by atoms with Gasteiger partial charge in [-0.2, -0.15) is 0 Å². The summed E-state index contributed by atoms with van der Waals surface area (Å²) in [4.78, 5) is 5.47. The average molecular weight is 304 g/mol. The van der Waals surface area contributed by atoms with Gasteiger partial charge in [0.1, 0.15) is 5.82 Å². The smallest absolute Gasteiger partial charge is 0.140 e. The van der Waals surface area contributed by atoms with E-state index in [-0.39, 0.29) is 0 Å². The summed E-state index contributed by atoms with van der Waals surface area (Å²) in [7, 11) is 0. The minimum absolute atomic E-state index is 0.628. The van der Waals surface area contributed by atoms with Gasteiger partial charge in [0.05, 0.1) is 16.0 Å². The molecule has 2 nitrogen and oxygen atoms in total. The maximum absolute atomic E-state index is 5.80. The Kier molecular flexibility index (Phi) is 3.61. The molecule has 2 rings (SSSR count). The summed E-state index contributed by atoms with van der Waals surface area (Å²) in [6.45, 7) is 0.783. The van der Waals surface area contributed by atoms with Crippen molar-refractivity contribution in [1.82, 2.24) is 4.98 Å². The van der Waals surface area contributed by atoms with Crippen LogP contribution in [0.15, 0.2) is 34.2 Å². The molecule has 5 heteroatoms. The molecular formula is C10H8BrClN2S. The molecule has 78 valence electrons. The summed E-state index contributed by atoms with van der Waals surface area (Å²) in [5.74, 6) is 0.813. The Balaban J connectivity index is 2.05. The van der Waals surface area contributed by atoms with E-state index < -0.39 is 0 Å². The molecule has 0 fully saturated rings. The topological polar surface area (TPSA) is 24.9 Å². The van der Waals surface area contributed by atoms with E-state index in [9.17, 15) is 0 Å². The second-order valence-electron chi connectivity index (χ2n) is 2.92. The first-order chi connectivity index (χ1) is 7.25. The maximum atomic E-state index is 5.80. The van der Waals surface area contributed by atoms with Gasteiger partial charge in [0.15, 0.2) is 0 Å². The van der Waals surface area contributed by atoms with Crippen molar-refractivity contribution in [2.24, 2.45) is 0 Å². The highest BCUT2D eigenvalue weighted by molar-refractivity contribution is 9.10. The highest BCUT2D eigenvalue weighted by Crippen LogP contribution is 2.23. The van der Waals surface area contributed by atoms with Gasteiger partial charge in [-0.3, -0.25) is 0 Å². The Bertz CT molecular complexity index is 445. The zero-order valence-corrected chi connectivity index (χ0v) is 10.9. The van der Waals surface area contributed by atoms with Gasteiger partial charge in [0, 0.05) is 11.1 Å². The number of aromatic nitrogens is 1. The number of thiophene rings is 1. The fourth-order valence-corrected chi connectivity index (χ4v) is 2.55. The third kappa shape index (κ3) is 2.93. The third-order valence-electron chi connectivity index (χ3n) is 1.82. The number of halogens is 2. The van der Waals surface area contributed by atoms with Crippen LogP contribution in [0.2, 0.25) is 5.02 Å². The van der Waals surface area contributed by atoms with Crippen molar-refractivity contribution in [2.75, 3.05) is 5.32 Å². The van der Waals surface area contributed by atoms with Crippen LogP contribution in [0.25, 0.3) is 0 Å². The van der Waals surface area contributed by atoms with Gasteiger partial charge in [0.25, 0.3) is 0 Å². The maximum Gasteiger partial charge on any atom is 0.140 e. The van der Waals surface area contributed by atoms with E-state index in [1.165, 1.54) is 4.88 Å². The van der Waals surface area contributed by atoms with Crippen LogP contribution in [0.4, 0.5) is 5.82 Å². The van der Waals surface area contributed by atoms with Gasteiger partial charge in [-0.1, -0.05) is 17.7 Å². The van der Waals surface area contributed by atoms with E-state index in [1.807, 2.05) is 12.1 Å². The summed E-state index contributed by atoms with van der Waals surface area (Å²) in [6.07, 6.45) is 1.63. The molecule has 15 heavy (non-hydrogen) atoms. The lowest BCUT2D eigenvalue weighted by molar-refractivity contribution is 1.13. The lowest BCUT2D eigenvalue weighted by atomic mass is 10.4. The standard InChI is InChI=1S/C10H8BrClN2S/c11-9-4-7(12)5-13-10(9)14-6-8-2-1-3-15-8/h1-5H,6H2,(H,13,14). The minimum Gasteiger partial charge on any atom is -0.364 e. The molecule has 0 radical (unpaired) electrons. The van der Waals surface area contributed by atoms with Crippen molar-refractivity contribution in [3.63, 3.8) is 0 Å². The van der Waals surface area contributed by atoms with Crippen LogP contribution in [-0.2, 0) is 6.54 Å². The first-order valence-corrected chi connectivity index (χ1v) is 6.38. The normalized spacial score (nSPS) is 10.3.